The van der Waals surface area contributed by atoms with Crippen LogP contribution >= 0.6 is 0 Å². The van der Waals surface area contributed by atoms with Crippen molar-refractivity contribution in [1.29, 1.82) is 0 Å². The maximum atomic E-state index is 11.8. The highest BCUT2D eigenvalue weighted by molar-refractivity contribution is 5.98. The minimum atomic E-state index is -0.195. The minimum Gasteiger partial charge on any atom is -0.393 e. The van der Waals surface area contributed by atoms with E-state index in [1.165, 1.54) is 0 Å². The molecule has 82 valence electrons. The molecule has 1 aliphatic heterocycles. The van der Waals surface area contributed by atoms with E-state index in [1.54, 1.807) is 0 Å². The summed E-state index contributed by atoms with van der Waals surface area (Å²) in [5, 5.41) is 0. The molecule has 7 rings (SSSR count). The van der Waals surface area contributed by atoms with Crippen molar-refractivity contribution in [3.8, 4) is 0 Å². The van der Waals surface area contributed by atoms with Gasteiger partial charge in [-0.15, -0.1) is 0 Å². The third-order valence-electron chi connectivity index (χ3n) is 7.49. The van der Waals surface area contributed by atoms with Crippen molar-refractivity contribution in [2.75, 3.05) is 0 Å². The maximum Gasteiger partial charge on any atom is 0.317 e. The van der Waals surface area contributed by atoms with E-state index in [4.69, 9.17) is 4.74 Å². The van der Waals surface area contributed by atoms with E-state index in [2.05, 4.69) is 6.92 Å². The van der Waals surface area contributed by atoms with E-state index < -0.39 is 0 Å². The van der Waals surface area contributed by atoms with Crippen LogP contribution in [0, 0.1) is 58.7 Å². The number of carbonyl (C=O) groups excluding carboxylic acids is 2. The first kappa shape index (κ1) is 7.46. The summed E-state index contributed by atoms with van der Waals surface area (Å²) >= 11 is 0. The molecule has 7 aliphatic rings. The Morgan fingerprint density at radius 2 is 1.38 bits per heavy atom. The van der Waals surface area contributed by atoms with Crippen LogP contribution in [0.4, 0.5) is 0 Å². The van der Waals surface area contributed by atoms with E-state index in [0.29, 0.717) is 17.3 Å². The number of carbonyl (C=O) groups is 2. The van der Waals surface area contributed by atoms with Gasteiger partial charge in [-0.05, 0) is 46.8 Å². The predicted octanol–water partition coefficient (Wildman–Crippen LogP) is 0.690. The van der Waals surface area contributed by atoms with Crippen molar-refractivity contribution < 1.29 is 14.3 Å². The summed E-state index contributed by atoms with van der Waals surface area (Å²) in [6.45, 7) is 2.41. The summed E-state index contributed by atoms with van der Waals surface area (Å²) in [6.07, 6.45) is 0. The molecule has 0 aromatic carbocycles. The highest BCUT2D eigenvalue weighted by Gasteiger charge is 2.97. The fourth-order valence-electron chi connectivity index (χ4n) is 7.55. The molecule has 3 heteroatoms. The van der Waals surface area contributed by atoms with Crippen molar-refractivity contribution in [2.45, 2.75) is 6.92 Å². The lowest BCUT2D eigenvalue weighted by atomic mass is 9.05. The SMILES string of the molecule is CC12C3[C@H]4C5[C@@H]3[C@H]1C([C@H]1C(=O)OC(=O)[C@H]51)[C@H]42. The topological polar surface area (TPSA) is 43.4 Å². The summed E-state index contributed by atoms with van der Waals surface area (Å²) in [6, 6.07) is 0. The van der Waals surface area contributed by atoms with Gasteiger partial charge in [-0.2, -0.15) is 0 Å². The molecule has 2 bridgehead atoms. The van der Waals surface area contributed by atoms with Crippen LogP contribution in [0.25, 0.3) is 0 Å². The fraction of sp³-hybridized carbons (Fsp3) is 0.846. The lowest BCUT2D eigenvalue weighted by Gasteiger charge is -2.99. The van der Waals surface area contributed by atoms with Crippen LogP contribution in [0.2, 0.25) is 0 Å². The first-order valence-electron chi connectivity index (χ1n) is 6.43. The normalized spacial score (nSPS) is 78.7. The molecule has 0 aromatic heterocycles. The average Bonchev–Trinajstić information content (AvgIpc) is 2.52. The monoisotopic (exact) mass is 216 g/mol. The molecule has 1 heterocycles. The average molecular weight is 216 g/mol. The van der Waals surface area contributed by atoms with Crippen molar-refractivity contribution >= 4 is 11.9 Å². The van der Waals surface area contributed by atoms with E-state index in [9.17, 15) is 9.59 Å². The van der Waals surface area contributed by atoms with Crippen molar-refractivity contribution in [3.63, 3.8) is 0 Å². The van der Waals surface area contributed by atoms with Gasteiger partial charge in [-0.3, -0.25) is 9.59 Å². The van der Waals surface area contributed by atoms with Crippen LogP contribution in [0.1, 0.15) is 6.92 Å². The first-order valence-corrected chi connectivity index (χ1v) is 6.43. The highest BCUT2D eigenvalue weighted by atomic mass is 16.6. The predicted molar refractivity (Wildman–Crippen MR) is 50.6 cm³/mol. The minimum absolute atomic E-state index is 0.0268. The van der Waals surface area contributed by atoms with Crippen LogP contribution in [0.3, 0.4) is 0 Å². The second-order valence-electron chi connectivity index (χ2n) is 7.04. The van der Waals surface area contributed by atoms with Gasteiger partial charge >= 0.3 is 11.9 Å². The molecule has 16 heavy (non-hydrogen) atoms. The molecule has 0 amide bonds. The largest absolute Gasteiger partial charge is 0.393 e. The molecule has 6 aliphatic carbocycles. The van der Waals surface area contributed by atoms with E-state index >= 15 is 0 Å². The summed E-state index contributed by atoms with van der Waals surface area (Å²) in [4.78, 5) is 23.5. The Labute approximate surface area is 92.5 Å². The third kappa shape index (κ3) is 0.362. The second kappa shape index (κ2) is 1.59. The van der Waals surface area contributed by atoms with Crippen LogP contribution in [-0.4, -0.2) is 11.9 Å². The van der Waals surface area contributed by atoms with Gasteiger partial charge in [0.2, 0.25) is 0 Å². The number of hydrogen-bond donors (Lipinski definition) is 0. The number of ether oxygens (including phenoxy) is 1. The van der Waals surface area contributed by atoms with Crippen LogP contribution in [0.15, 0.2) is 0 Å². The number of hydrogen-bond acceptors (Lipinski definition) is 3. The lowest BCUT2D eigenvalue weighted by Crippen LogP contribution is -2.97. The molecule has 3 nitrogen and oxygen atoms in total. The van der Waals surface area contributed by atoms with E-state index in [1.807, 2.05) is 0 Å². The number of rotatable bonds is 0. The summed E-state index contributed by atoms with van der Waals surface area (Å²) in [5.41, 5.74) is 0.591. The molecule has 0 N–H and O–H groups in total. The Morgan fingerprint density at radius 3 is 2.00 bits per heavy atom. The summed E-state index contributed by atoms with van der Waals surface area (Å²) < 4.78 is 4.89. The summed E-state index contributed by atoms with van der Waals surface area (Å²) in [7, 11) is 0. The van der Waals surface area contributed by atoms with Gasteiger partial charge in [-0.25, -0.2) is 0 Å². The van der Waals surface area contributed by atoms with Gasteiger partial charge in [0.15, 0.2) is 0 Å². The second-order valence-corrected chi connectivity index (χ2v) is 7.04. The Morgan fingerprint density at radius 1 is 0.875 bits per heavy atom. The maximum absolute atomic E-state index is 11.8. The van der Waals surface area contributed by atoms with Crippen molar-refractivity contribution in [3.05, 3.63) is 0 Å². The van der Waals surface area contributed by atoms with Crippen LogP contribution in [0.5, 0.6) is 0 Å². The zero-order valence-electron chi connectivity index (χ0n) is 8.92. The molecule has 1 saturated heterocycles. The van der Waals surface area contributed by atoms with Crippen LogP contribution < -0.4 is 0 Å². The molecule has 0 radical (unpaired) electrons. The number of esters is 2. The quantitative estimate of drug-likeness (QED) is 0.442. The zero-order chi connectivity index (χ0) is 10.6. The van der Waals surface area contributed by atoms with Gasteiger partial charge in [0, 0.05) is 0 Å². The smallest absolute Gasteiger partial charge is 0.317 e. The Kier molecular flexibility index (Phi) is 0.743. The lowest BCUT2D eigenvalue weighted by molar-refractivity contribution is -0.524. The molecule has 0 spiro atoms. The van der Waals surface area contributed by atoms with Crippen molar-refractivity contribution in [1.82, 2.24) is 0 Å². The van der Waals surface area contributed by atoms with Gasteiger partial charge in [0.25, 0.3) is 0 Å². The Balaban J connectivity index is 1.58. The molecule has 6 saturated carbocycles. The van der Waals surface area contributed by atoms with Crippen molar-refractivity contribution in [2.24, 2.45) is 58.7 Å². The number of cyclic esters (lactones) is 2. The third-order valence-corrected chi connectivity index (χ3v) is 7.49. The van der Waals surface area contributed by atoms with E-state index in [-0.39, 0.29) is 23.8 Å². The molecular formula is C13H12O3. The molecule has 10 atom stereocenters. The Hall–Kier alpha value is -0.860. The van der Waals surface area contributed by atoms with Gasteiger partial charge in [0.1, 0.15) is 0 Å². The van der Waals surface area contributed by atoms with Gasteiger partial charge in [0.05, 0.1) is 11.8 Å². The zero-order valence-corrected chi connectivity index (χ0v) is 8.92. The molecule has 0 aromatic rings. The highest BCUT2D eigenvalue weighted by Crippen LogP contribution is 2.98. The standard InChI is InChI=1S/C13H12O3/c1-13-8-5-2-3-4(12(15)16-11(3)14)7(9(5)13)10(13)6(2)8/h2-10H,1H3/t2?,3-,4+,5-,6+,7?,8?,9+,10+,13?/m1/s1. The van der Waals surface area contributed by atoms with E-state index in [0.717, 1.165) is 29.6 Å². The fourth-order valence-corrected chi connectivity index (χ4v) is 7.55. The first-order chi connectivity index (χ1) is 7.67. The molecule has 7 fully saturated rings. The van der Waals surface area contributed by atoms with Gasteiger partial charge < -0.3 is 4.74 Å². The molecule has 4 unspecified atom stereocenters. The Bertz CT molecular complexity index is 489. The molecular weight excluding hydrogens is 204 g/mol. The summed E-state index contributed by atoms with van der Waals surface area (Å²) in [5.74, 6) is 4.68. The van der Waals surface area contributed by atoms with Gasteiger partial charge in [-0.1, -0.05) is 6.92 Å². The van der Waals surface area contributed by atoms with Crippen LogP contribution in [-0.2, 0) is 14.3 Å².